The number of carbonyl (C=O) groups excluding carboxylic acids is 1. The SMILES string of the molecule is CN(Cc1ccc(F)cc1)C(=O)NCc1ccco1. The zero-order valence-corrected chi connectivity index (χ0v) is 10.6. The monoisotopic (exact) mass is 262 g/mol. The Hall–Kier alpha value is -2.30. The standard InChI is InChI=1S/C14H15FN2O2/c1-17(10-11-4-6-12(15)7-5-11)14(18)16-9-13-3-2-8-19-13/h2-8H,9-10H2,1H3,(H,16,18). The fraction of sp³-hybridized carbons (Fsp3) is 0.214. The molecule has 4 nitrogen and oxygen atoms in total. The van der Waals surface area contributed by atoms with Gasteiger partial charge in [-0.1, -0.05) is 12.1 Å². The second-order valence-electron chi connectivity index (χ2n) is 4.22. The predicted molar refractivity (Wildman–Crippen MR) is 68.8 cm³/mol. The summed E-state index contributed by atoms with van der Waals surface area (Å²) in [7, 11) is 1.68. The fourth-order valence-electron chi connectivity index (χ4n) is 1.65. The van der Waals surface area contributed by atoms with Crippen molar-refractivity contribution in [2.75, 3.05) is 7.05 Å². The summed E-state index contributed by atoms with van der Waals surface area (Å²) in [6, 6.07) is 9.43. The number of amides is 2. The van der Waals surface area contributed by atoms with Crippen LogP contribution in [-0.4, -0.2) is 18.0 Å². The molecule has 1 aromatic heterocycles. The molecular formula is C14H15FN2O2. The van der Waals surface area contributed by atoms with E-state index in [2.05, 4.69) is 5.32 Å². The number of furan rings is 1. The van der Waals surface area contributed by atoms with E-state index in [0.29, 0.717) is 18.8 Å². The molecule has 19 heavy (non-hydrogen) atoms. The molecule has 0 aliphatic rings. The average molecular weight is 262 g/mol. The molecule has 0 aliphatic carbocycles. The first-order chi connectivity index (χ1) is 9.15. The highest BCUT2D eigenvalue weighted by Crippen LogP contribution is 2.06. The van der Waals surface area contributed by atoms with Gasteiger partial charge >= 0.3 is 6.03 Å². The van der Waals surface area contributed by atoms with E-state index in [1.165, 1.54) is 17.0 Å². The van der Waals surface area contributed by atoms with Crippen molar-refractivity contribution in [2.24, 2.45) is 0 Å². The lowest BCUT2D eigenvalue weighted by molar-refractivity contribution is 0.205. The highest BCUT2D eigenvalue weighted by atomic mass is 19.1. The minimum Gasteiger partial charge on any atom is -0.467 e. The van der Waals surface area contributed by atoms with Crippen molar-refractivity contribution in [3.05, 3.63) is 59.8 Å². The molecule has 1 aromatic carbocycles. The Balaban J connectivity index is 1.83. The van der Waals surface area contributed by atoms with E-state index in [1.807, 2.05) is 0 Å². The molecule has 1 N–H and O–H groups in total. The molecule has 5 heteroatoms. The summed E-state index contributed by atoms with van der Waals surface area (Å²) in [6.07, 6.45) is 1.56. The summed E-state index contributed by atoms with van der Waals surface area (Å²) in [6.45, 7) is 0.768. The van der Waals surface area contributed by atoms with Crippen molar-refractivity contribution < 1.29 is 13.6 Å². The van der Waals surface area contributed by atoms with Gasteiger partial charge in [0.15, 0.2) is 0 Å². The van der Waals surface area contributed by atoms with Gasteiger partial charge in [-0.05, 0) is 29.8 Å². The van der Waals surface area contributed by atoms with Gasteiger partial charge in [0.05, 0.1) is 12.8 Å². The number of urea groups is 1. The highest BCUT2D eigenvalue weighted by molar-refractivity contribution is 5.73. The molecule has 2 aromatic rings. The van der Waals surface area contributed by atoms with Crippen molar-refractivity contribution in [1.82, 2.24) is 10.2 Å². The van der Waals surface area contributed by atoms with Gasteiger partial charge in [0, 0.05) is 13.6 Å². The second kappa shape index (κ2) is 6.04. The maximum Gasteiger partial charge on any atom is 0.317 e. The summed E-state index contributed by atoms with van der Waals surface area (Å²) in [4.78, 5) is 13.3. The quantitative estimate of drug-likeness (QED) is 0.920. The van der Waals surface area contributed by atoms with Crippen molar-refractivity contribution in [3.63, 3.8) is 0 Å². The van der Waals surface area contributed by atoms with Crippen LogP contribution in [0.5, 0.6) is 0 Å². The van der Waals surface area contributed by atoms with Crippen LogP contribution in [0.1, 0.15) is 11.3 Å². The number of halogens is 1. The van der Waals surface area contributed by atoms with Crippen molar-refractivity contribution >= 4 is 6.03 Å². The molecule has 0 saturated carbocycles. The lowest BCUT2D eigenvalue weighted by atomic mass is 10.2. The van der Waals surface area contributed by atoms with E-state index in [0.717, 1.165) is 5.56 Å². The molecule has 0 spiro atoms. The highest BCUT2D eigenvalue weighted by Gasteiger charge is 2.09. The molecule has 0 unspecified atom stereocenters. The minimum absolute atomic E-state index is 0.208. The van der Waals surface area contributed by atoms with E-state index < -0.39 is 0 Å². The minimum atomic E-state index is -0.284. The van der Waals surface area contributed by atoms with Crippen LogP contribution in [0.2, 0.25) is 0 Å². The van der Waals surface area contributed by atoms with Crippen LogP contribution in [0.25, 0.3) is 0 Å². The molecule has 0 saturated heterocycles. The van der Waals surface area contributed by atoms with Crippen LogP contribution in [0.3, 0.4) is 0 Å². The lowest BCUT2D eigenvalue weighted by Crippen LogP contribution is -2.36. The van der Waals surface area contributed by atoms with Crippen molar-refractivity contribution in [1.29, 1.82) is 0 Å². The Bertz CT molecular complexity index is 523. The van der Waals surface area contributed by atoms with Gasteiger partial charge in [-0.15, -0.1) is 0 Å². The topological polar surface area (TPSA) is 45.5 Å². The first-order valence-electron chi connectivity index (χ1n) is 5.91. The normalized spacial score (nSPS) is 10.2. The summed E-state index contributed by atoms with van der Waals surface area (Å²) in [5.74, 6) is 0.414. The Labute approximate surface area is 110 Å². The maximum atomic E-state index is 12.8. The number of hydrogen-bond donors (Lipinski definition) is 1. The van der Waals surface area contributed by atoms with E-state index in [-0.39, 0.29) is 11.8 Å². The first kappa shape index (κ1) is 13.1. The predicted octanol–water partition coefficient (Wildman–Crippen LogP) is 2.76. The van der Waals surface area contributed by atoms with Crippen LogP contribution in [0, 0.1) is 5.82 Å². The van der Waals surface area contributed by atoms with E-state index >= 15 is 0 Å². The fourth-order valence-corrected chi connectivity index (χ4v) is 1.65. The Morgan fingerprint density at radius 2 is 2.05 bits per heavy atom. The number of hydrogen-bond acceptors (Lipinski definition) is 2. The molecule has 1 heterocycles. The lowest BCUT2D eigenvalue weighted by Gasteiger charge is -2.17. The number of benzene rings is 1. The van der Waals surface area contributed by atoms with Gasteiger partial charge in [0.25, 0.3) is 0 Å². The van der Waals surface area contributed by atoms with E-state index in [9.17, 15) is 9.18 Å². The molecule has 2 amide bonds. The smallest absolute Gasteiger partial charge is 0.317 e. The van der Waals surface area contributed by atoms with Crippen molar-refractivity contribution in [3.8, 4) is 0 Å². The van der Waals surface area contributed by atoms with Crippen molar-refractivity contribution in [2.45, 2.75) is 13.1 Å². The van der Waals surface area contributed by atoms with Gasteiger partial charge in [-0.25, -0.2) is 9.18 Å². The number of nitrogens with one attached hydrogen (secondary N) is 1. The number of nitrogens with zero attached hydrogens (tertiary/aromatic N) is 1. The van der Waals surface area contributed by atoms with Gasteiger partial charge < -0.3 is 14.6 Å². The van der Waals surface area contributed by atoms with E-state index in [4.69, 9.17) is 4.42 Å². The Morgan fingerprint density at radius 3 is 2.68 bits per heavy atom. The molecule has 2 rings (SSSR count). The van der Waals surface area contributed by atoms with Crippen LogP contribution in [-0.2, 0) is 13.1 Å². The molecule has 0 aliphatic heterocycles. The number of rotatable bonds is 4. The Kier molecular flexibility index (Phi) is 4.18. The molecule has 0 bridgehead atoms. The summed E-state index contributed by atoms with van der Waals surface area (Å²) >= 11 is 0. The van der Waals surface area contributed by atoms with E-state index in [1.54, 1.807) is 37.6 Å². The molecule has 0 radical (unpaired) electrons. The van der Waals surface area contributed by atoms with Gasteiger partial charge in [-0.3, -0.25) is 0 Å². The van der Waals surface area contributed by atoms with Crippen LogP contribution in [0.4, 0.5) is 9.18 Å². The zero-order chi connectivity index (χ0) is 13.7. The summed E-state index contributed by atoms with van der Waals surface area (Å²) in [5.41, 5.74) is 0.872. The zero-order valence-electron chi connectivity index (χ0n) is 10.6. The number of carbonyl (C=O) groups is 1. The molecular weight excluding hydrogens is 247 g/mol. The third kappa shape index (κ3) is 3.84. The van der Waals surface area contributed by atoms with Gasteiger partial charge in [0.1, 0.15) is 11.6 Å². The maximum absolute atomic E-state index is 12.8. The third-order valence-electron chi connectivity index (χ3n) is 2.67. The summed E-state index contributed by atoms with van der Waals surface area (Å²) < 4.78 is 17.9. The third-order valence-corrected chi connectivity index (χ3v) is 2.67. The second-order valence-corrected chi connectivity index (χ2v) is 4.22. The van der Waals surface area contributed by atoms with Gasteiger partial charge in [-0.2, -0.15) is 0 Å². The van der Waals surface area contributed by atoms with Crippen LogP contribution < -0.4 is 5.32 Å². The molecule has 0 fully saturated rings. The molecule has 0 atom stereocenters. The Morgan fingerprint density at radius 1 is 1.32 bits per heavy atom. The largest absolute Gasteiger partial charge is 0.467 e. The first-order valence-corrected chi connectivity index (χ1v) is 5.91. The van der Waals surface area contributed by atoms with Crippen LogP contribution in [0.15, 0.2) is 47.1 Å². The van der Waals surface area contributed by atoms with Crippen LogP contribution >= 0.6 is 0 Å². The molecule has 100 valence electrons. The van der Waals surface area contributed by atoms with Gasteiger partial charge in [0.2, 0.25) is 0 Å². The summed E-state index contributed by atoms with van der Waals surface area (Å²) in [5, 5.41) is 2.74. The average Bonchev–Trinajstić information content (AvgIpc) is 2.91.